The van der Waals surface area contributed by atoms with Gasteiger partial charge in [0.1, 0.15) is 0 Å². The molecular formula is C28H28N4O. The van der Waals surface area contributed by atoms with E-state index in [9.17, 15) is 4.79 Å². The van der Waals surface area contributed by atoms with Crippen molar-refractivity contribution in [3.05, 3.63) is 96.4 Å². The van der Waals surface area contributed by atoms with Crippen molar-refractivity contribution in [2.45, 2.75) is 20.8 Å². The first-order chi connectivity index (χ1) is 16.0. The van der Waals surface area contributed by atoms with Crippen molar-refractivity contribution < 1.29 is 4.79 Å². The molecule has 2 N–H and O–H groups in total. The molecule has 0 fully saturated rings. The predicted molar refractivity (Wildman–Crippen MR) is 139 cm³/mol. The van der Waals surface area contributed by atoms with Gasteiger partial charge in [-0.2, -0.15) is 0 Å². The summed E-state index contributed by atoms with van der Waals surface area (Å²) in [7, 11) is 1.65. The summed E-state index contributed by atoms with van der Waals surface area (Å²) >= 11 is 0. The van der Waals surface area contributed by atoms with Crippen LogP contribution < -0.4 is 10.6 Å². The SMILES string of the molecule is C=C/C=C(\C=C/C)c1ccc2c(Nc3ccc4c(c3)c(C)c(C)n4C(=O)NC)ccnc2c1. The van der Waals surface area contributed by atoms with Crippen LogP contribution in [0.4, 0.5) is 16.2 Å². The predicted octanol–water partition coefficient (Wildman–Crippen LogP) is 6.88. The van der Waals surface area contributed by atoms with E-state index in [-0.39, 0.29) is 6.03 Å². The van der Waals surface area contributed by atoms with Crippen LogP contribution in [0.5, 0.6) is 0 Å². The highest BCUT2D eigenvalue weighted by Crippen LogP contribution is 2.32. The molecule has 0 saturated heterocycles. The topological polar surface area (TPSA) is 59.0 Å². The monoisotopic (exact) mass is 436 g/mol. The van der Waals surface area contributed by atoms with E-state index in [1.807, 2.05) is 57.3 Å². The number of pyridine rings is 1. The highest BCUT2D eigenvalue weighted by molar-refractivity contribution is 5.99. The van der Waals surface area contributed by atoms with Gasteiger partial charge in [-0.15, -0.1) is 0 Å². The van der Waals surface area contributed by atoms with Crippen molar-refractivity contribution >= 4 is 44.8 Å². The summed E-state index contributed by atoms with van der Waals surface area (Å²) in [5.41, 5.74) is 7.95. The zero-order chi connectivity index (χ0) is 23.5. The first-order valence-corrected chi connectivity index (χ1v) is 10.9. The van der Waals surface area contributed by atoms with Crippen LogP contribution in [0.25, 0.3) is 27.4 Å². The number of fused-ring (bicyclic) bond motifs is 2. The standard InChI is InChI=1S/C28H28N4O/c1-6-8-20(9-7-2)21-10-12-23-25(14-15-30-26(23)16-21)31-22-11-13-27-24(17-22)18(3)19(4)32(27)28(33)29-5/h6-17H,1H2,2-5H3,(H,29,33)(H,30,31)/b9-7-,20-8+. The maximum Gasteiger partial charge on any atom is 0.325 e. The zero-order valence-electron chi connectivity index (χ0n) is 19.4. The molecular weight excluding hydrogens is 408 g/mol. The van der Waals surface area contributed by atoms with Gasteiger partial charge in [0.2, 0.25) is 0 Å². The number of amides is 1. The Labute approximate surface area is 194 Å². The Bertz CT molecular complexity index is 1440. The van der Waals surface area contributed by atoms with E-state index in [0.29, 0.717) is 0 Å². The minimum absolute atomic E-state index is 0.134. The highest BCUT2D eigenvalue weighted by atomic mass is 16.2. The average molecular weight is 437 g/mol. The van der Waals surface area contributed by atoms with E-state index >= 15 is 0 Å². The molecule has 5 nitrogen and oxygen atoms in total. The molecule has 1 amide bonds. The van der Waals surface area contributed by atoms with Crippen LogP contribution in [0.1, 0.15) is 23.7 Å². The van der Waals surface area contributed by atoms with Crippen LogP contribution in [0.2, 0.25) is 0 Å². The molecule has 5 heteroatoms. The lowest BCUT2D eigenvalue weighted by atomic mass is 10.0. The van der Waals surface area contributed by atoms with E-state index < -0.39 is 0 Å². The second-order valence-corrected chi connectivity index (χ2v) is 7.91. The maximum atomic E-state index is 12.4. The number of aromatic nitrogens is 2. The third-order valence-electron chi connectivity index (χ3n) is 5.94. The van der Waals surface area contributed by atoms with Gasteiger partial charge in [0.25, 0.3) is 0 Å². The molecule has 0 aliphatic rings. The first kappa shape index (κ1) is 22.1. The Balaban J connectivity index is 1.75. The van der Waals surface area contributed by atoms with Crippen LogP contribution in [0.15, 0.2) is 79.5 Å². The Morgan fingerprint density at radius 1 is 1.09 bits per heavy atom. The van der Waals surface area contributed by atoms with Crippen molar-refractivity contribution in [3.63, 3.8) is 0 Å². The minimum Gasteiger partial charge on any atom is -0.355 e. The van der Waals surface area contributed by atoms with E-state index in [1.54, 1.807) is 17.7 Å². The lowest BCUT2D eigenvalue weighted by Crippen LogP contribution is -2.25. The number of hydrogen-bond acceptors (Lipinski definition) is 3. The molecule has 0 spiro atoms. The van der Waals surface area contributed by atoms with Gasteiger partial charge in [-0.25, -0.2) is 4.79 Å². The molecule has 0 aliphatic carbocycles. The fourth-order valence-corrected chi connectivity index (χ4v) is 4.17. The van der Waals surface area contributed by atoms with E-state index in [2.05, 4.69) is 52.5 Å². The number of nitrogens with one attached hydrogen (secondary N) is 2. The van der Waals surface area contributed by atoms with E-state index in [1.165, 1.54) is 0 Å². The molecule has 0 atom stereocenters. The zero-order valence-corrected chi connectivity index (χ0v) is 19.4. The molecule has 2 aromatic heterocycles. The van der Waals surface area contributed by atoms with Gasteiger partial charge in [0.15, 0.2) is 0 Å². The molecule has 0 aliphatic heterocycles. The Morgan fingerprint density at radius 2 is 1.91 bits per heavy atom. The quantitative estimate of drug-likeness (QED) is 0.335. The van der Waals surface area contributed by atoms with Crippen molar-refractivity contribution in [3.8, 4) is 0 Å². The second kappa shape index (κ2) is 9.17. The number of anilines is 2. The van der Waals surface area contributed by atoms with Crippen molar-refractivity contribution in [1.82, 2.24) is 14.9 Å². The second-order valence-electron chi connectivity index (χ2n) is 7.91. The number of nitrogens with zero attached hydrogens (tertiary/aromatic N) is 2. The van der Waals surface area contributed by atoms with Crippen molar-refractivity contribution in [2.24, 2.45) is 0 Å². The Kier molecular flexibility index (Phi) is 6.13. The summed E-state index contributed by atoms with van der Waals surface area (Å²) in [6, 6.07) is 14.2. The van der Waals surface area contributed by atoms with Crippen LogP contribution >= 0.6 is 0 Å². The van der Waals surface area contributed by atoms with Gasteiger partial charge >= 0.3 is 6.03 Å². The van der Waals surface area contributed by atoms with Crippen LogP contribution in [0, 0.1) is 13.8 Å². The summed E-state index contributed by atoms with van der Waals surface area (Å²) in [5.74, 6) is 0. The number of allylic oxidation sites excluding steroid dienone is 5. The maximum absolute atomic E-state index is 12.4. The summed E-state index contributed by atoms with van der Waals surface area (Å²) in [5, 5.41) is 8.35. The van der Waals surface area contributed by atoms with Crippen LogP contribution in [-0.2, 0) is 0 Å². The summed E-state index contributed by atoms with van der Waals surface area (Å²) in [6.45, 7) is 9.83. The molecule has 4 aromatic rings. The Hall–Kier alpha value is -4.12. The fraction of sp³-hybridized carbons (Fsp3) is 0.143. The van der Waals surface area contributed by atoms with E-state index in [4.69, 9.17) is 0 Å². The number of benzene rings is 2. The number of carbonyl (C=O) groups excluding carboxylic acids is 1. The third-order valence-corrected chi connectivity index (χ3v) is 5.94. The van der Waals surface area contributed by atoms with Crippen LogP contribution in [-0.4, -0.2) is 22.6 Å². The van der Waals surface area contributed by atoms with Gasteiger partial charge in [-0.1, -0.05) is 43.0 Å². The van der Waals surface area contributed by atoms with E-state index in [0.717, 1.165) is 55.6 Å². The fourth-order valence-electron chi connectivity index (χ4n) is 4.17. The average Bonchev–Trinajstić information content (AvgIpc) is 3.08. The first-order valence-electron chi connectivity index (χ1n) is 10.9. The third kappa shape index (κ3) is 4.05. The molecule has 2 heterocycles. The number of aryl methyl sites for hydroxylation is 1. The minimum atomic E-state index is -0.134. The molecule has 0 unspecified atom stereocenters. The van der Waals surface area contributed by atoms with Crippen LogP contribution in [0.3, 0.4) is 0 Å². The molecule has 0 saturated carbocycles. The molecule has 166 valence electrons. The van der Waals surface area contributed by atoms with Gasteiger partial charge in [0, 0.05) is 41.1 Å². The molecule has 0 radical (unpaired) electrons. The normalized spacial score (nSPS) is 11.9. The van der Waals surface area contributed by atoms with Crippen molar-refractivity contribution in [2.75, 3.05) is 12.4 Å². The number of hydrogen-bond donors (Lipinski definition) is 2. The van der Waals surface area contributed by atoms with Gasteiger partial charge in [-0.05, 0) is 67.8 Å². The van der Waals surface area contributed by atoms with Gasteiger partial charge < -0.3 is 10.6 Å². The lowest BCUT2D eigenvalue weighted by molar-refractivity contribution is 0.245. The molecule has 4 rings (SSSR count). The highest BCUT2D eigenvalue weighted by Gasteiger charge is 2.16. The largest absolute Gasteiger partial charge is 0.355 e. The summed E-state index contributed by atoms with van der Waals surface area (Å²) in [6.07, 6.45) is 9.69. The summed E-state index contributed by atoms with van der Waals surface area (Å²) < 4.78 is 1.72. The van der Waals surface area contributed by atoms with Gasteiger partial charge in [-0.3, -0.25) is 9.55 Å². The Morgan fingerprint density at radius 3 is 2.64 bits per heavy atom. The molecule has 2 aromatic carbocycles. The van der Waals surface area contributed by atoms with Gasteiger partial charge in [0.05, 0.1) is 11.0 Å². The summed E-state index contributed by atoms with van der Waals surface area (Å²) in [4.78, 5) is 16.9. The lowest BCUT2D eigenvalue weighted by Gasteiger charge is -2.12. The number of carbonyl (C=O) groups is 1. The molecule has 33 heavy (non-hydrogen) atoms. The molecule has 0 bridgehead atoms. The number of rotatable bonds is 5. The smallest absolute Gasteiger partial charge is 0.325 e. The van der Waals surface area contributed by atoms with Crippen molar-refractivity contribution in [1.29, 1.82) is 0 Å².